The Morgan fingerprint density at radius 2 is 1.23 bits per heavy atom. The van der Waals surface area contributed by atoms with Crippen LogP contribution in [0.25, 0.3) is 0 Å². The van der Waals surface area contributed by atoms with Crippen molar-refractivity contribution >= 4 is 58.3 Å². The van der Waals surface area contributed by atoms with Crippen molar-refractivity contribution in [1.82, 2.24) is 0 Å². The van der Waals surface area contributed by atoms with E-state index in [9.17, 15) is 9.59 Å². The lowest BCUT2D eigenvalue weighted by Crippen LogP contribution is -2.67. The van der Waals surface area contributed by atoms with E-state index in [0.717, 1.165) is 70.4 Å². The Labute approximate surface area is 400 Å². The minimum absolute atomic E-state index is 0.0233. The molecular formula is C56H74Cl2O6P+. The molecule has 6 nitrogen and oxygen atoms in total. The second-order valence-electron chi connectivity index (χ2n) is 21.8. The summed E-state index contributed by atoms with van der Waals surface area (Å²) in [5.74, 6) is 1.38. The number of hydrogen-bond donors (Lipinski definition) is 0. The lowest BCUT2D eigenvalue weighted by Gasteiger charge is -2.72. The van der Waals surface area contributed by atoms with Gasteiger partial charge in [0.2, 0.25) is 4.84 Å². The SMILES string of the molecule is C=C(C)[C@@H]1CC[C@]2(C(=O)OCCOCCOCC[P+](c3ccccc3)(c3ccccc3)c3ccccc3)CC[C@]3(C)[C@H](CC[C@@H]4[C@@]5(C)CC[C@H](OC(=O)C(Cl)Cl)C(C)(C)[C@@H]5CC[C@]43C)[C@@H]12. The van der Waals surface area contributed by atoms with Crippen molar-refractivity contribution in [2.75, 3.05) is 39.2 Å². The molecule has 0 bridgehead atoms. The van der Waals surface area contributed by atoms with Crippen LogP contribution in [0.2, 0.25) is 0 Å². The molecule has 3 aromatic carbocycles. The van der Waals surface area contributed by atoms with Crippen LogP contribution in [0.1, 0.15) is 106 Å². The van der Waals surface area contributed by atoms with Crippen molar-refractivity contribution in [2.24, 2.45) is 56.7 Å². The molecule has 0 N–H and O–H groups in total. The van der Waals surface area contributed by atoms with Crippen LogP contribution >= 0.6 is 30.5 Å². The number of ether oxygens (including phenoxy) is 4. The van der Waals surface area contributed by atoms with Crippen LogP contribution in [0, 0.1) is 56.7 Å². The van der Waals surface area contributed by atoms with E-state index in [1.807, 2.05) is 0 Å². The van der Waals surface area contributed by atoms with Gasteiger partial charge in [-0.2, -0.15) is 0 Å². The van der Waals surface area contributed by atoms with E-state index in [1.165, 1.54) is 21.5 Å². The summed E-state index contributed by atoms with van der Waals surface area (Å²) in [5.41, 5.74) is 0.865. The number of carbonyl (C=O) groups excluding carboxylic acids is 2. The van der Waals surface area contributed by atoms with Gasteiger partial charge >= 0.3 is 11.9 Å². The standard InChI is InChI=1S/C56H74Cl2O6P/c1-39(2)43-25-30-56(32-31-54(6)44(48(43)56)23-24-46-53(5)28-27-47(64-50(59)49(57)58)52(3,4)45(53)26-29-55(46,54)7)51(60)63-36-35-61-33-34-62-37-38-65(40-17-11-8-12-18-40,41-19-13-9-14-20-41)42-21-15-10-16-22-42/h8-22,43-49H,1,23-38H2,2-7H3/q+1/t43-,44+,45-,46+,47-,48+,53-,54+,55+,56-/m0/s1. The van der Waals surface area contributed by atoms with E-state index in [4.69, 9.17) is 42.1 Å². The fraction of sp³-hybridized carbons (Fsp3) is 0.607. The first-order valence-corrected chi connectivity index (χ1v) is 27.4. The van der Waals surface area contributed by atoms with Gasteiger partial charge in [-0.25, -0.2) is 4.79 Å². The number of benzene rings is 3. The van der Waals surface area contributed by atoms with E-state index in [-0.39, 0.29) is 46.3 Å². The molecule has 0 amide bonds. The van der Waals surface area contributed by atoms with Crippen LogP contribution in [0.5, 0.6) is 0 Å². The highest BCUT2D eigenvalue weighted by atomic mass is 35.5. The van der Waals surface area contributed by atoms with E-state index in [1.54, 1.807) is 0 Å². The Hall–Kier alpha value is -2.73. The van der Waals surface area contributed by atoms with Crippen LogP contribution < -0.4 is 15.9 Å². The van der Waals surface area contributed by atoms with E-state index in [0.29, 0.717) is 50.1 Å². The minimum Gasteiger partial charge on any atom is -0.463 e. The van der Waals surface area contributed by atoms with Gasteiger partial charge in [-0.05, 0) is 153 Å². The first-order valence-electron chi connectivity index (χ1n) is 24.6. The second-order valence-corrected chi connectivity index (χ2v) is 26.5. The maximum atomic E-state index is 14.6. The molecule has 0 radical (unpaired) electrons. The van der Waals surface area contributed by atoms with Crippen LogP contribution in [0.3, 0.4) is 0 Å². The molecule has 0 aromatic heterocycles. The summed E-state index contributed by atoms with van der Waals surface area (Å²) in [4.78, 5) is 26.0. The van der Waals surface area contributed by atoms with Crippen molar-refractivity contribution in [3.63, 3.8) is 0 Å². The van der Waals surface area contributed by atoms with Gasteiger partial charge < -0.3 is 18.9 Å². The van der Waals surface area contributed by atoms with Crippen molar-refractivity contribution < 1.29 is 28.5 Å². The van der Waals surface area contributed by atoms with Gasteiger partial charge in [0.25, 0.3) is 0 Å². The molecule has 0 heterocycles. The highest BCUT2D eigenvalue weighted by Gasteiger charge is 2.72. The molecule has 0 aliphatic heterocycles. The molecule has 3 aromatic rings. The summed E-state index contributed by atoms with van der Waals surface area (Å²) in [7, 11) is -1.96. The molecule has 5 aliphatic carbocycles. The van der Waals surface area contributed by atoms with Gasteiger partial charge in [0.15, 0.2) is 0 Å². The number of esters is 2. The molecule has 5 saturated carbocycles. The van der Waals surface area contributed by atoms with E-state index < -0.39 is 23.5 Å². The third-order valence-electron chi connectivity index (χ3n) is 18.8. The number of allylic oxidation sites excluding steroid dienone is 1. The summed E-state index contributed by atoms with van der Waals surface area (Å²) in [6.45, 7) is 21.2. The van der Waals surface area contributed by atoms with Gasteiger partial charge in [0, 0.05) is 5.41 Å². The molecule has 5 aliphatic rings. The van der Waals surface area contributed by atoms with Crippen molar-refractivity contribution in [3.8, 4) is 0 Å². The van der Waals surface area contributed by atoms with Crippen LogP contribution in [-0.2, 0) is 28.5 Å². The Balaban J connectivity index is 0.884. The smallest absolute Gasteiger partial charge is 0.339 e. The quantitative estimate of drug-likeness (QED) is 0.0468. The third kappa shape index (κ3) is 8.48. The fourth-order valence-electron chi connectivity index (χ4n) is 15.6. The minimum atomic E-state index is -1.96. The first kappa shape index (κ1) is 48.7. The molecular weight excluding hydrogens is 870 g/mol. The summed E-state index contributed by atoms with van der Waals surface area (Å²) in [5, 5.41) is 4.05. The van der Waals surface area contributed by atoms with Gasteiger partial charge in [-0.1, -0.05) is 125 Å². The summed E-state index contributed by atoms with van der Waals surface area (Å²) >= 11 is 11.9. The summed E-state index contributed by atoms with van der Waals surface area (Å²) < 4.78 is 24.6. The number of fused-ring (bicyclic) bond motifs is 7. The highest BCUT2D eigenvalue weighted by Crippen LogP contribution is 2.77. The van der Waals surface area contributed by atoms with Gasteiger partial charge in [0.1, 0.15) is 35.9 Å². The van der Waals surface area contributed by atoms with Gasteiger partial charge in [0.05, 0.1) is 38.0 Å². The largest absolute Gasteiger partial charge is 0.463 e. The lowest BCUT2D eigenvalue weighted by atomic mass is 9.32. The maximum Gasteiger partial charge on any atom is 0.339 e. The average molecular weight is 945 g/mol. The molecule has 0 saturated heterocycles. The molecule has 9 heteroatoms. The fourth-order valence-corrected chi connectivity index (χ4v) is 19.8. The Morgan fingerprint density at radius 3 is 1.80 bits per heavy atom. The lowest BCUT2D eigenvalue weighted by molar-refractivity contribution is -0.250. The van der Waals surface area contributed by atoms with Crippen LogP contribution in [0.4, 0.5) is 0 Å². The highest BCUT2D eigenvalue weighted by molar-refractivity contribution is 7.95. The molecule has 0 unspecified atom stereocenters. The molecule has 5 fully saturated rings. The number of rotatable bonds is 16. The zero-order valence-electron chi connectivity index (χ0n) is 39.9. The Kier molecular flexibility index (Phi) is 14.5. The first-order chi connectivity index (χ1) is 31.1. The van der Waals surface area contributed by atoms with Crippen molar-refractivity contribution in [2.45, 2.75) is 117 Å². The molecule has 65 heavy (non-hydrogen) atoms. The van der Waals surface area contributed by atoms with Crippen LogP contribution in [-0.4, -0.2) is 62.1 Å². The second kappa shape index (κ2) is 19.3. The van der Waals surface area contributed by atoms with Crippen molar-refractivity contribution in [3.05, 3.63) is 103 Å². The van der Waals surface area contributed by atoms with Crippen molar-refractivity contribution in [1.29, 1.82) is 0 Å². The number of hydrogen-bond acceptors (Lipinski definition) is 6. The van der Waals surface area contributed by atoms with E-state index >= 15 is 0 Å². The topological polar surface area (TPSA) is 71.1 Å². The number of carbonyl (C=O) groups is 2. The Bertz CT molecular complexity index is 2040. The Morgan fingerprint density at radius 1 is 0.662 bits per heavy atom. The van der Waals surface area contributed by atoms with E-state index in [2.05, 4.69) is 139 Å². The molecule has 10 atom stereocenters. The average Bonchev–Trinajstić information content (AvgIpc) is 3.71. The summed E-state index contributed by atoms with van der Waals surface area (Å²) in [6.07, 6.45) is 10.8. The predicted octanol–water partition coefficient (Wildman–Crippen LogP) is 11.9. The molecule has 8 rings (SSSR count). The number of halogens is 2. The van der Waals surface area contributed by atoms with Gasteiger partial charge in [-0.15, -0.1) is 0 Å². The molecule has 352 valence electrons. The summed E-state index contributed by atoms with van der Waals surface area (Å²) in [6, 6.07) is 32.7. The molecule has 0 spiro atoms. The van der Waals surface area contributed by atoms with Gasteiger partial charge in [-0.3, -0.25) is 4.79 Å². The third-order valence-corrected chi connectivity index (χ3v) is 23.6. The number of alkyl halides is 2. The normalized spacial score (nSPS) is 33.8. The van der Waals surface area contributed by atoms with Crippen LogP contribution in [0.15, 0.2) is 103 Å². The maximum absolute atomic E-state index is 14.6. The zero-order valence-corrected chi connectivity index (χ0v) is 42.3. The monoisotopic (exact) mass is 943 g/mol. The predicted molar refractivity (Wildman–Crippen MR) is 267 cm³/mol. The zero-order chi connectivity index (χ0) is 46.3.